The van der Waals surface area contributed by atoms with Crippen LogP contribution in [0.5, 0.6) is 5.75 Å². The lowest BCUT2D eigenvalue weighted by Crippen LogP contribution is -2.14. The molecule has 0 aliphatic heterocycles. The van der Waals surface area contributed by atoms with E-state index in [1.807, 2.05) is 24.3 Å². The minimum atomic E-state index is -0.392. The van der Waals surface area contributed by atoms with Gasteiger partial charge in [-0.3, -0.25) is 4.79 Å². The van der Waals surface area contributed by atoms with E-state index < -0.39 is 5.97 Å². The summed E-state index contributed by atoms with van der Waals surface area (Å²) in [5.41, 5.74) is 2.42. The number of hydrogen-bond acceptors (Lipinski definition) is 5. The van der Waals surface area contributed by atoms with E-state index in [2.05, 4.69) is 12.2 Å². The lowest BCUT2D eigenvalue weighted by atomic mass is 9.88. The Morgan fingerprint density at radius 3 is 2.63 bits per heavy atom. The molecule has 1 N–H and O–H groups in total. The summed E-state index contributed by atoms with van der Waals surface area (Å²) in [7, 11) is 2.98. The van der Waals surface area contributed by atoms with Crippen LogP contribution in [-0.2, 0) is 22.4 Å². The lowest BCUT2D eigenvalue weighted by Gasteiger charge is -2.18. The maximum Gasteiger partial charge on any atom is 0.341 e. The monoisotopic (exact) mass is 385 g/mol. The van der Waals surface area contributed by atoms with E-state index in [4.69, 9.17) is 9.47 Å². The Hall–Kier alpha value is -2.60. The number of amides is 1. The zero-order valence-electron chi connectivity index (χ0n) is 15.7. The van der Waals surface area contributed by atoms with Gasteiger partial charge in [-0.1, -0.05) is 19.1 Å². The molecule has 0 radical (unpaired) electrons. The largest absolute Gasteiger partial charge is 0.497 e. The highest BCUT2D eigenvalue weighted by Gasteiger charge is 2.28. The van der Waals surface area contributed by atoms with Crippen molar-refractivity contribution in [2.24, 2.45) is 5.92 Å². The number of ether oxygens (including phenoxy) is 2. The summed E-state index contributed by atoms with van der Waals surface area (Å²) >= 11 is 1.48. The molecule has 3 rings (SSSR count). The number of esters is 1. The minimum absolute atomic E-state index is 0.275. The number of rotatable bonds is 5. The molecule has 1 unspecified atom stereocenters. The summed E-state index contributed by atoms with van der Waals surface area (Å²) in [6.45, 7) is 2.20. The van der Waals surface area contributed by atoms with Crippen molar-refractivity contribution in [3.05, 3.63) is 51.9 Å². The molecule has 6 heteroatoms. The second-order valence-electron chi connectivity index (χ2n) is 6.64. The Labute approximate surface area is 163 Å². The quantitative estimate of drug-likeness (QED) is 0.615. The maximum atomic E-state index is 12.4. The Balaban J connectivity index is 1.78. The summed E-state index contributed by atoms with van der Waals surface area (Å²) in [6, 6.07) is 7.41. The van der Waals surface area contributed by atoms with Crippen molar-refractivity contribution in [1.29, 1.82) is 0 Å². The van der Waals surface area contributed by atoms with Gasteiger partial charge in [0.15, 0.2) is 0 Å². The molecule has 1 atom stereocenters. The second kappa shape index (κ2) is 8.39. The van der Waals surface area contributed by atoms with Gasteiger partial charge in [0.05, 0.1) is 19.8 Å². The van der Waals surface area contributed by atoms with E-state index in [0.717, 1.165) is 36.1 Å². The average Bonchev–Trinajstić information content (AvgIpc) is 3.02. The van der Waals surface area contributed by atoms with E-state index in [9.17, 15) is 9.59 Å². The number of nitrogens with one attached hydrogen (secondary N) is 1. The van der Waals surface area contributed by atoms with Crippen LogP contribution in [0.4, 0.5) is 5.00 Å². The van der Waals surface area contributed by atoms with Gasteiger partial charge >= 0.3 is 5.97 Å². The molecule has 2 aromatic rings. The third kappa shape index (κ3) is 4.39. The van der Waals surface area contributed by atoms with E-state index >= 15 is 0 Å². The van der Waals surface area contributed by atoms with Crippen LogP contribution in [-0.4, -0.2) is 26.1 Å². The summed E-state index contributed by atoms with van der Waals surface area (Å²) in [4.78, 5) is 25.8. The molecule has 1 aromatic carbocycles. The summed E-state index contributed by atoms with van der Waals surface area (Å²) < 4.78 is 10.1. The van der Waals surface area contributed by atoms with Gasteiger partial charge in [0, 0.05) is 11.0 Å². The molecule has 5 nitrogen and oxygen atoms in total. The molecule has 1 aliphatic carbocycles. The number of carbonyl (C=O) groups excluding carboxylic acids is 2. The fraction of sp³-hybridized carbons (Fsp3) is 0.333. The van der Waals surface area contributed by atoms with Crippen LogP contribution in [0.25, 0.3) is 6.08 Å². The van der Waals surface area contributed by atoms with Gasteiger partial charge in [0.1, 0.15) is 10.8 Å². The minimum Gasteiger partial charge on any atom is -0.497 e. The number of thiophene rings is 1. The van der Waals surface area contributed by atoms with Gasteiger partial charge < -0.3 is 14.8 Å². The second-order valence-corrected chi connectivity index (χ2v) is 7.75. The maximum absolute atomic E-state index is 12.4. The first-order chi connectivity index (χ1) is 13.0. The highest BCUT2D eigenvalue weighted by atomic mass is 32.1. The molecule has 1 aliphatic rings. The predicted molar refractivity (Wildman–Crippen MR) is 108 cm³/mol. The molecule has 0 spiro atoms. The van der Waals surface area contributed by atoms with Crippen LogP contribution < -0.4 is 10.1 Å². The Morgan fingerprint density at radius 1 is 1.22 bits per heavy atom. The normalized spacial score (nSPS) is 16.0. The third-order valence-corrected chi connectivity index (χ3v) is 5.85. The van der Waals surface area contributed by atoms with Crippen LogP contribution in [0, 0.1) is 5.92 Å². The van der Waals surface area contributed by atoms with Crippen LogP contribution in [0.1, 0.15) is 39.7 Å². The SMILES string of the molecule is COC(=O)c1c(NC(=O)/C=C/c2ccc(OC)cc2)sc2c1CCC(C)C2. The molecule has 0 saturated heterocycles. The number of methoxy groups -OCH3 is 2. The van der Waals surface area contributed by atoms with E-state index in [1.54, 1.807) is 13.2 Å². The Morgan fingerprint density at radius 2 is 1.96 bits per heavy atom. The smallest absolute Gasteiger partial charge is 0.341 e. The first-order valence-corrected chi connectivity index (χ1v) is 9.69. The van der Waals surface area contributed by atoms with Crippen LogP contribution in [0.15, 0.2) is 30.3 Å². The van der Waals surface area contributed by atoms with Crippen LogP contribution in [0.3, 0.4) is 0 Å². The van der Waals surface area contributed by atoms with E-state index in [-0.39, 0.29) is 5.91 Å². The average molecular weight is 385 g/mol. The number of fused-ring (bicyclic) bond motifs is 1. The summed E-state index contributed by atoms with van der Waals surface area (Å²) in [5, 5.41) is 3.43. The van der Waals surface area contributed by atoms with Gasteiger partial charge in [-0.15, -0.1) is 11.3 Å². The third-order valence-electron chi connectivity index (χ3n) is 4.68. The van der Waals surface area contributed by atoms with Crippen LogP contribution in [0.2, 0.25) is 0 Å². The number of anilines is 1. The van der Waals surface area contributed by atoms with Crippen LogP contribution >= 0.6 is 11.3 Å². The van der Waals surface area contributed by atoms with E-state index in [1.165, 1.54) is 29.4 Å². The highest BCUT2D eigenvalue weighted by Crippen LogP contribution is 2.40. The zero-order valence-corrected chi connectivity index (χ0v) is 16.5. The van der Waals surface area contributed by atoms with Gasteiger partial charge in [-0.05, 0) is 54.5 Å². The molecular weight excluding hydrogens is 362 g/mol. The molecule has 142 valence electrons. The van der Waals surface area contributed by atoms with Crippen molar-refractivity contribution in [3.8, 4) is 5.75 Å². The molecular formula is C21H23NO4S. The molecule has 1 heterocycles. The molecule has 27 heavy (non-hydrogen) atoms. The highest BCUT2D eigenvalue weighted by molar-refractivity contribution is 7.17. The van der Waals surface area contributed by atoms with Crippen molar-refractivity contribution in [3.63, 3.8) is 0 Å². The van der Waals surface area contributed by atoms with Gasteiger partial charge in [0.25, 0.3) is 0 Å². The van der Waals surface area contributed by atoms with Gasteiger partial charge in [-0.2, -0.15) is 0 Å². The van der Waals surface area contributed by atoms with Crippen molar-refractivity contribution in [2.75, 3.05) is 19.5 Å². The standard InChI is InChI=1S/C21H23NO4S/c1-13-4-10-16-17(12-13)27-20(19(16)21(24)26-3)22-18(23)11-7-14-5-8-15(25-2)9-6-14/h5-9,11,13H,4,10,12H2,1-3H3,(H,22,23)/b11-7+. The number of benzene rings is 1. The topological polar surface area (TPSA) is 64.6 Å². The Kier molecular flexibility index (Phi) is 5.96. The van der Waals surface area contributed by atoms with Crippen molar-refractivity contribution in [1.82, 2.24) is 0 Å². The molecule has 0 bridgehead atoms. The predicted octanol–water partition coefficient (Wildman–Crippen LogP) is 4.32. The lowest BCUT2D eigenvalue weighted by molar-refractivity contribution is -0.111. The van der Waals surface area contributed by atoms with Crippen molar-refractivity contribution in [2.45, 2.75) is 26.2 Å². The molecule has 1 amide bonds. The van der Waals surface area contributed by atoms with Gasteiger partial charge in [-0.25, -0.2) is 4.79 Å². The Bertz CT molecular complexity index is 867. The molecule has 0 saturated carbocycles. The van der Waals surface area contributed by atoms with Crippen molar-refractivity contribution < 1.29 is 19.1 Å². The summed E-state index contributed by atoms with van der Waals surface area (Å²) in [5.74, 6) is 0.678. The first kappa shape index (κ1) is 19.2. The number of carbonyl (C=O) groups is 2. The van der Waals surface area contributed by atoms with Crippen molar-refractivity contribution >= 4 is 34.3 Å². The first-order valence-electron chi connectivity index (χ1n) is 8.87. The van der Waals surface area contributed by atoms with E-state index in [0.29, 0.717) is 16.5 Å². The summed E-state index contributed by atoms with van der Waals surface area (Å²) in [6.07, 6.45) is 6.00. The molecule has 1 aromatic heterocycles. The van der Waals surface area contributed by atoms with Gasteiger partial charge in [0.2, 0.25) is 5.91 Å². The molecule has 0 fully saturated rings. The fourth-order valence-electron chi connectivity index (χ4n) is 3.20. The zero-order chi connectivity index (χ0) is 19.4. The fourth-order valence-corrected chi connectivity index (χ4v) is 4.60. The number of hydrogen-bond donors (Lipinski definition) is 1.